The number of amides is 1. The Labute approximate surface area is 168 Å². The first-order valence-corrected chi connectivity index (χ1v) is 9.97. The van der Waals surface area contributed by atoms with E-state index in [2.05, 4.69) is 17.3 Å². The Kier molecular flexibility index (Phi) is 5.17. The number of carbonyl (C=O) groups is 1. The van der Waals surface area contributed by atoms with Gasteiger partial charge in [0.1, 0.15) is 18.1 Å². The molecule has 5 heteroatoms. The van der Waals surface area contributed by atoms with Crippen molar-refractivity contribution in [1.82, 2.24) is 0 Å². The number of fused-ring (bicyclic) bond motifs is 1. The van der Waals surface area contributed by atoms with Gasteiger partial charge in [0.2, 0.25) is 5.91 Å². The van der Waals surface area contributed by atoms with E-state index in [4.69, 9.17) is 9.47 Å². The van der Waals surface area contributed by atoms with Gasteiger partial charge in [-0.3, -0.25) is 4.79 Å². The second kappa shape index (κ2) is 7.90. The molecule has 1 aliphatic rings. The molecule has 0 aliphatic carbocycles. The van der Waals surface area contributed by atoms with Crippen LogP contribution in [-0.2, 0) is 4.79 Å². The van der Waals surface area contributed by atoms with Gasteiger partial charge >= 0.3 is 0 Å². The van der Waals surface area contributed by atoms with Gasteiger partial charge in [0, 0.05) is 28.2 Å². The van der Waals surface area contributed by atoms with Gasteiger partial charge in [-0.25, -0.2) is 0 Å². The summed E-state index contributed by atoms with van der Waals surface area (Å²) in [5.41, 5.74) is 4.15. The van der Waals surface area contributed by atoms with Crippen LogP contribution in [0.2, 0.25) is 0 Å². The zero-order valence-electron chi connectivity index (χ0n) is 15.6. The van der Waals surface area contributed by atoms with E-state index < -0.39 is 0 Å². The molecule has 0 unspecified atom stereocenters. The minimum Gasteiger partial charge on any atom is -0.497 e. The summed E-state index contributed by atoms with van der Waals surface area (Å²) in [6, 6.07) is 15.9. The fraction of sp³-hybridized carbons (Fsp3) is 0.174. The lowest BCUT2D eigenvalue weighted by molar-refractivity contribution is -0.116. The summed E-state index contributed by atoms with van der Waals surface area (Å²) in [6.07, 6.45) is 2.17. The first-order chi connectivity index (χ1) is 13.7. The van der Waals surface area contributed by atoms with Gasteiger partial charge in [-0.1, -0.05) is 36.9 Å². The Hall–Kier alpha value is -3.05. The number of ether oxygens (including phenoxy) is 2. The normalized spacial score (nSPS) is 15.5. The van der Waals surface area contributed by atoms with Crippen molar-refractivity contribution in [3.05, 3.63) is 77.0 Å². The van der Waals surface area contributed by atoms with Crippen LogP contribution in [0.4, 0.5) is 5.69 Å². The lowest BCUT2D eigenvalue weighted by Crippen LogP contribution is -2.22. The molecule has 1 amide bonds. The van der Waals surface area contributed by atoms with Crippen LogP contribution in [0.15, 0.2) is 66.6 Å². The van der Waals surface area contributed by atoms with Gasteiger partial charge in [-0.15, -0.1) is 11.3 Å². The Morgan fingerprint density at radius 1 is 1.14 bits per heavy atom. The standard InChI is InChI=1S/C23H21NO3S/c1-3-12-27-18-10-6-15(7-11-18)19-13-21(25)24-22-20(14-28-23(19)22)16-4-8-17(26-2)9-5-16/h3-11,14,19H,1,12-13H2,2H3,(H,24,25)/t19-/m0/s1. The number of thiophene rings is 1. The highest BCUT2D eigenvalue weighted by molar-refractivity contribution is 7.11. The van der Waals surface area contributed by atoms with E-state index in [1.54, 1.807) is 24.5 Å². The van der Waals surface area contributed by atoms with E-state index in [9.17, 15) is 4.79 Å². The van der Waals surface area contributed by atoms with Gasteiger partial charge < -0.3 is 14.8 Å². The van der Waals surface area contributed by atoms with E-state index in [1.165, 1.54) is 4.88 Å². The highest BCUT2D eigenvalue weighted by Crippen LogP contribution is 2.46. The third-order valence-corrected chi connectivity index (χ3v) is 5.94. The van der Waals surface area contributed by atoms with Crippen molar-refractivity contribution in [2.45, 2.75) is 12.3 Å². The number of hydrogen-bond acceptors (Lipinski definition) is 4. The topological polar surface area (TPSA) is 47.6 Å². The third-order valence-electron chi connectivity index (χ3n) is 4.84. The van der Waals surface area contributed by atoms with E-state index in [0.29, 0.717) is 13.0 Å². The van der Waals surface area contributed by atoms with Crippen LogP contribution < -0.4 is 14.8 Å². The number of carbonyl (C=O) groups excluding carboxylic acids is 1. The van der Waals surface area contributed by atoms with Crippen molar-refractivity contribution in [1.29, 1.82) is 0 Å². The molecule has 2 aromatic carbocycles. The first-order valence-electron chi connectivity index (χ1n) is 9.09. The number of anilines is 1. The fourth-order valence-electron chi connectivity index (χ4n) is 3.43. The Morgan fingerprint density at radius 3 is 2.54 bits per heavy atom. The Balaban J connectivity index is 1.67. The van der Waals surface area contributed by atoms with Crippen molar-refractivity contribution < 1.29 is 14.3 Å². The maximum atomic E-state index is 12.4. The summed E-state index contributed by atoms with van der Waals surface area (Å²) in [5, 5.41) is 5.20. The van der Waals surface area contributed by atoms with Crippen molar-refractivity contribution >= 4 is 22.9 Å². The third kappa shape index (κ3) is 3.53. The van der Waals surface area contributed by atoms with Crippen molar-refractivity contribution in [2.24, 2.45) is 0 Å². The molecule has 0 fully saturated rings. The molecule has 1 aliphatic heterocycles. The predicted octanol–water partition coefficient (Wildman–Crippen LogP) is 5.46. The number of rotatable bonds is 6. The predicted molar refractivity (Wildman–Crippen MR) is 114 cm³/mol. The first kappa shape index (κ1) is 18.3. The van der Waals surface area contributed by atoms with Gasteiger partial charge in [0.05, 0.1) is 12.8 Å². The molecule has 1 atom stereocenters. The summed E-state index contributed by atoms with van der Waals surface area (Å²) in [5.74, 6) is 1.70. The molecule has 2 heterocycles. The molecule has 4 nitrogen and oxygen atoms in total. The average Bonchev–Trinajstić information content (AvgIpc) is 3.16. The minimum atomic E-state index is 0.0395. The summed E-state index contributed by atoms with van der Waals surface area (Å²) in [6.45, 7) is 4.14. The zero-order chi connectivity index (χ0) is 19.5. The highest BCUT2D eigenvalue weighted by Gasteiger charge is 2.30. The molecule has 0 saturated heterocycles. The second-order valence-corrected chi connectivity index (χ2v) is 7.50. The van der Waals surface area contributed by atoms with Gasteiger partial charge in [0.15, 0.2) is 0 Å². The smallest absolute Gasteiger partial charge is 0.225 e. The van der Waals surface area contributed by atoms with E-state index in [-0.39, 0.29) is 11.8 Å². The summed E-state index contributed by atoms with van der Waals surface area (Å²) in [4.78, 5) is 13.6. The average molecular weight is 391 g/mol. The minimum absolute atomic E-state index is 0.0395. The molecule has 1 aromatic heterocycles. The highest BCUT2D eigenvalue weighted by atomic mass is 32.1. The van der Waals surface area contributed by atoms with Gasteiger partial charge in [0.25, 0.3) is 0 Å². The van der Waals surface area contributed by atoms with Crippen molar-refractivity contribution in [2.75, 3.05) is 19.0 Å². The summed E-state index contributed by atoms with van der Waals surface area (Å²) >= 11 is 1.69. The fourth-order valence-corrected chi connectivity index (χ4v) is 4.59. The van der Waals surface area contributed by atoms with Crippen LogP contribution in [0, 0.1) is 0 Å². The van der Waals surface area contributed by atoms with E-state index in [1.807, 2.05) is 48.5 Å². The number of methoxy groups -OCH3 is 1. The van der Waals surface area contributed by atoms with Crippen LogP contribution in [0.1, 0.15) is 22.8 Å². The molecule has 142 valence electrons. The number of nitrogens with one attached hydrogen (secondary N) is 1. The maximum Gasteiger partial charge on any atom is 0.225 e. The molecule has 3 aromatic rings. The summed E-state index contributed by atoms with van der Waals surface area (Å²) < 4.78 is 10.8. The lowest BCUT2D eigenvalue weighted by Gasteiger charge is -2.24. The van der Waals surface area contributed by atoms with Gasteiger partial charge in [-0.05, 0) is 35.4 Å². The van der Waals surface area contributed by atoms with E-state index >= 15 is 0 Å². The number of hydrogen-bond donors (Lipinski definition) is 1. The zero-order valence-corrected chi connectivity index (χ0v) is 16.4. The summed E-state index contributed by atoms with van der Waals surface area (Å²) in [7, 11) is 1.65. The maximum absolute atomic E-state index is 12.4. The quantitative estimate of drug-likeness (QED) is 0.568. The van der Waals surface area contributed by atoms with Crippen LogP contribution in [0.5, 0.6) is 11.5 Å². The molecular formula is C23H21NO3S. The van der Waals surface area contributed by atoms with Crippen molar-refractivity contribution in [3.63, 3.8) is 0 Å². The molecule has 0 bridgehead atoms. The van der Waals surface area contributed by atoms with Crippen molar-refractivity contribution in [3.8, 4) is 22.6 Å². The molecular weight excluding hydrogens is 370 g/mol. The van der Waals surface area contributed by atoms with Crippen LogP contribution in [0.25, 0.3) is 11.1 Å². The Bertz CT molecular complexity index is 990. The van der Waals surface area contributed by atoms with Crippen LogP contribution in [-0.4, -0.2) is 19.6 Å². The Morgan fingerprint density at radius 2 is 1.86 bits per heavy atom. The molecule has 0 radical (unpaired) electrons. The monoisotopic (exact) mass is 391 g/mol. The molecule has 4 rings (SSSR count). The molecule has 1 N–H and O–H groups in total. The SMILES string of the molecule is C=CCOc1ccc([C@@H]2CC(=O)Nc3c(-c4ccc(OC)cc4)csc32)cc1. The molecule has 0 spiro atoms. The molecule has 0 saturated carbocycles. The van der Waals surface area contributed by atoms with Gasteiger partial charge in [-0.2, -0.15) is 0 Å². The van der Waals surface area contributed by atoms with Crippen LogP contribution in [0.3, 0.4) is 0 Å². The molecule has 28 heavy (non-hydrogen) atoms. The lowest BCUT2D eigenvalue weighted by atomic mass is 9.89. The largest absolute Gasteiger partial charge is 0.497 e. The van der Waals surface area contributed by atoms with E-state index in [0.717, 1.165) is 33.9 Å². The van der Waals surface area contributed by atoms with Crippen LogP contribution >= 0.6 is 11.3 Å². The number of benzene rings is 2. The second-order valence-electron chi connectivity index (χ2n) is 6.59.